The summed E-state index contributed by atoms with van der Waals surface area (Å²) in [6.45, 7) is 1.74. The number of hydrogen-bond acceptors (Lipinski definition) is 6. The van der Waals surface area contributed by atoms with E-state index in [0.717, 1.165) is 30.7 Å². The maximum absolute atomic E-state index is 12.4. The van der Waals surface area contributed by atoms with Gasteiger partial charge >= 0.3 is 6.36 Å². The lowest BCUT2D eigenvalue weighted by Crippen LogP contribution is -2.44. The van der Waals surface area contributed by atoms with Crippen molar-refractivity contribution in [2.24, 2.45) is 5.92 Å². The van der Waals surface area contributed by atoms with Crippen molar-refractivity contribution in [1.82, 2.24) is 14.9 Å². The number of benzene rings is 1. The maximum atomic E-state index is 12.4. The highest BCUT2D eigenvalue weighted by Crippen LogP contribution is 2.24. The number of carbonyl (C=O) groups is 2. The number of ether oxygens (including phenoxy) is 2. The van der Waals surface area contributed by atoms with Crippen LogP contribution in [0.2, 0.25) is 0 Å². The van der Waals surface area contributed by atoms with Crippen molar-refractivity contribution < 1.29 is 40.7 Å². The van der Waals surface area contributed by atoms with Gasteiger partial charge in [0.25, 0.3) is 0 Å². The number of piperidine rings is 1. The van der Waals surface area contributed by atoms with E-state index in [0.29, 0.717) is 39.1 Å². The first-order valence-electron chi connectivity index (χ1n) is 10.4. The Bertz CT molecular complexity index is 885. The van der Waals surface area contributed by atoms with E-state index in [4.69, 9.17) is 4.74 Å². The number of rotatable bonds is 11. The third-order valence-electron chi connectivity index (χ3n) is 5.04. The van der Waals surface area contributed by atoms with Gasteiger partial charge in [0.1, 0.15) is 5.75 Å². The van der Waals surface area contributed by atoms with E-state index in [2.05, 4.69) is 14.8 Å². The van der Waals surface area contributed by atoms with Crippen molar-refractivity contribution in [2.75, 3.05) is 39.9 Å². The van der Waals surface area contributed by atoms with Gasteiger partial charge in [0.15, 0.2) is 0 Å². The van der Waals surface area contributed by atoms with E-state index in [1.165, 1.54) is 0 Å². The van der Waals surface area contributed by atoms with Crippen molar-refractivity contribution in [1.29, 1.82) is 0 Å². The zero-order chi connectivity index (χ0) is 24.5. The van der Waals surface area contributed by atoms with Crippen molar-refractivity contribution in [3.63, 3.8) is 0 Å². The first-order chi connectivity index (χ1) is 15.5. The van der Waals surface area contributed by atoms with Crippen molar-refractivity contribution >= 4 is 21.8 Å². The number of methoxy groups -OCH3 is 1. The van der Waals surface area contributed by atoms with E-state index in [1.54, 1.807) is 12.0 Å². The first kappa shape index (κ1) is 26.9. The molecule has 13 heteroatoms. The van der Waals surface area contributed by atoms with Gasteiger partial charge in [-0.15, -0.1) is 13.2 Å². The van der Waals surface area contributed by atoms with E-state index in [9.17, 15) is 31.2 Å². The number of likely N-dealkylation sites (tertiary alicyclic amines) is 1. The number of amides is 2. The first-order valence-corrected chi connectivity index (χ1v) is 11.9. The quantitative estimate of drug-likeness (QED) is 0.452. The highest BCUT2D eigenvalue weighted by Gasteiger charge is 2.31. The predicted octanol–water partition coefficient (Wildman–Crippen LogP) is 1.64. The molecule has 0 atom stereocenters. The molecule has 0 saturated carbocycles. The van der Waals surface area contributed by atoms with E-state index in [1.807, 2.05) is 0 Å². The predicted molar refractivity (Wildman–Crippen MR) is 112 cm³/mol. The van der Waals surface area contributed by atoms with Crippen LogP contribution in [0.25, 0.3) is 0 Å². The lowest BCUT2D eigenvalue weighted by molar-refractivity contribution is -0.274. The van der Waals surface area contributed by atoms with Crippen LogP contribution < -0.4 is 14.8 Å². The molecule has 1 aliphatic rings. The standard InChI is InChI=1S/C20H28F3N3O6S/c1-31-14-2-10-24-19(28)15-8-12-26(13-9-15)18(27)7-11-25-33(29,30)17-5-3-16(4-6-17)32-20(21,22)23/h3-6,15,25H,2,7-14H2,1H3,(H,24,28). The third-order valence-corrected chi connectivity index (χ3v) is 6.52. The Balaban J connectivity index is 1.74. The average Bonchev–Trinajstić information content (AvgIpc) is 2.76. The van der Waals surface area contributed by atoms with Crippen molar-refractivity contribution in [3.8, 4) is 5.75 Å². The monoisotopic (exact) mass is 495 g/mol. The molecule has 1 heterocycles. The zero-order valence-electron chi connectivity index (χ0n) is 18.2. The minimum atomic E-state index is -4.87. The van der Waals surface area contributed by atoms with Crippen molar-refractivity contribution in [3.05, 3.63) is 24.3 Å². The summed E-state index contributed by atoms with van der Waals surface area (Å²) in [4.78, 5) is 25.9. The minimum absolute atomic E-state index is 0.0439. The summed E-state index contributed by atoms with van der Waals surface area (Å²) < 4.78 is 72.0. The molecule has 2 rings (SSSR count). The summed E-state index contributed by atoms with van der Waals surface area (Å²) in [6.07, 6.45) is -3.18. The molecule has 0 unspecified atom stereocenters. The van der Waals surface area contributed by atoms with Gasteiger partial charge in [-0.1, -0.05) is 0 Å². The largest absolute Gasteiger partial charge is 0.573 e. The number of carbonyl (C=O) groups excluding carboxylic acids is 2. The second kappa shape index (κ2) is 12.2. The molecule has 33 heavy (non-hydrogen) atoms. The average molecular weight is 496 g/mol. The SMILES string of the molecule is COCCCNC(=O)C1CCN(C(=O)CCNS(=O)(=O)c2ccc(OC(F)(F)F)cc2)CC1. The van der Waals surface area contributed by atoms with Crippen LogP contribution in [0.4, 0.5) is 13.2 Å². The topological polar surface area (TPSA) is 114 Å². The zero-order valence-corrected chi connectivity index (χ0v) is 19.0. The minimum Gasteiger partial charge on any atom is -0.406 e. The Morgan fingerprint density at radius 3 is 2.33 bits per heavy atom. The van der Waals surface area contributed by atoms with Crippen LogP contribution in [0, 0.1) is 5.92 Å². The molecule has 0 aromatic heterocycles. The maximum Gasteiger partial charge on any atom is 0.573 e. The summed E-state index contributed by atoms with van der Waals surface area (Å²) in [5.74, 6) is -0.994. The summed E-state index contributed by atoms with van der Waals surface area (Å²) in [7, 11) is -2.41. The van der Waals surface area contributed by atoms with Gasteiger partial charge in [0.05, 0.1) is 4.90 Å². The van der Waals surface area contributed by atoms with E-state index in [-0.39, 0.29) is 35.6 Å². The number of nitrogens with one attached hydrogen (secondary N) is 2. The van der Waals surface area contributed by atoms with Crippen LogP contribution in [-0.4, -0.2) is 71.4 Å². The van der Waals surface area contributed by atoms with Gasteiger partial charge in [0.2, 0.25) is 21.8 Å². The molecule has 2 N–H and O–H groups in total. The summed E-state index contributed by atoms with van der Waals surface area (Å²) >= 11 is 0. The molecular weight excluding hydrogens is 467 g/mol. The molecule has 0 bridgehead atoms. The Kier molecular flexibility index (Phi) is 9.92. The summed E-state index contributed by atoms with van der Waals surface area (Å²) in [5, 5.41) is 2.85. The lowest BCUT2D eigenvalue weighted by Gasteiger charge is -2.31. The van der Waals surface area contributed by atoms with Gasteiger partial charge in [-0.2, -0.15) is 0 Å². The van der Waals surface area contributed by atoms with Gasteiger partial charge in [-0.05, 0) is 43.5 Å². The van der Waals surface area contributed by atoms with Crippen LogP contribution in [0.5, 0.6) is 5.75 Å². The third kappa shape index (κ3) is 9.18. The van der Waals surface area contributed by atoms with Gasteiger partial charge < -0.3 is 19.7 Å². The molecule has 2 amide bonds. The molecule has 1 fully saturated rings. The summed E-state index contributed by atoms with van der Waals surface area (Å²) in [6, 6.07) is 3.75. The lowest BCUT2D eigenvalue weighted by atomic mass is 9.95. The highest BCUT2D eigenvalue weighted by molar-refractivity contribution is 7.89. The number of nitrogens with zero attached hydrogens (tertiary/aromatic N) is 1. The molecule has 0 aliphatic carbocycles. The molecule has 1 aromatic rings. The number of sulfonamides is 1. The summed E-state index contributed by atoms with van der Waals surface area (Å²) in [5.41, 5.74) is 0. The molecule has 0 radical (unpaired) electrons. The molecule has 1 aromatic carbocycles. The fraction of sp³-hybridized carbons (Fsp3) is 0.600. The van der Waals surface area contributed by atoms with Crippen LogP contribution in [-0.2, 0) is 24.3 Å². The fourth-order valence-electron chi connectivity index (χ4n) is 3.32. The number of alkyl halides is 3. The Morgan fingerprint density at radius 1 is 1.12 bits per heavy atom. The molecular formula is C20H28F3N3O6S. The fourth-order valence-corrected chi connectivity index (χ4v) is 4.35. The molecule has 1 aliphatic heterocycles. The number of halogens is 3. The second-order valence-electron chi connectivity index (χ2n) is 7.46. The number of hydrogen-bond donors (Lipinski definition) is 2. The Morgan fingerprint density at radius 2 is 1.76 bits per heavy atom. The van der Waals surface area contributed by atoms with Crippen molar-refractivity contribution in [2.45, 2.75) is 36.9 Å². The Hall–Kier alpha value is -2.38. The van der Waals surface area contributed by atoms with Gasteiger partial charge in [-0.25, -0.2) is 13.1 Å². The normalized spacial score (nSPS) is 15.3. The molecule has 0 spiro atoms. The highest BCUT2D eigenvalue weighted by atomic mass is 32.2. The van der Waals surface area contributed by atoms with Gasteiger partial charge in [0, 0.05) is 52.2 Å². The molecule has 9 nitrogen and oxygen atoms in total. The van der Waals surface area contributed by atoms with Crippen LogP contribution in [0.1, 0.15) is 25.7 Å². The van der Waals surface area contributed by atoms with E-state index >= 15 is 0 Å². The van der Waals surface area contributed by atoms with Gasteiger partial charge in [-0.3, -0.25) is 9.59 Å². The molecule has 186 valence electrons. The Labute approximate surface area is 190 Å². The second-order valence-corrected chi connectivity index (χ2v) is 9.23. The van der Waals surface area contributed by atoms with Crippen LogP contribution >= 0.6 is 0 Å². The van der Waals surface area contributed by atoms with Crippen LogP contribution in [0.3, 0.4) is 0 Å². The van der Waals surface area contributed by atoms with E-state index < -0.39 is 22.1 Å². The molecule has 1 saturated heterocycles. The smallest absolute Gasteiger partial charge is 0.406 e. The van der Waals surface area contributed by atoms with Crippen LogP contribution in [0.15, 0.2) is 29.2 Å².